The number of hydrogen-bond acceptors (Lipinski definition) is 4. The highest BCUT2D eigenvalue weighted by Gasteiger charge is 2.24. The van der Waals surface area contributed by atoms with Crippen LogP contribution in [-0.2, 0) is 15.4 Å². The van der Waals surface area contributed by atoms with Crippen LogP contribution in [0.4, 0.5) is 0 Å². The Labute approximate surface area is 139 Å². The predicted octanol–water partition coefficient (Wildman–Crippen LogP) is 3.12. The van der Waals surface area contributed by atoms with Gasteiger partial charge in [0.05, 0.1) is 0 Å². The molecule has 124 valence electrons. The van der Waals surface area contributed by atoms with Crippen molar-refractivity contribution in [3.8, 4) is 0 Å². The van der Waals surface area contributed by atoms with E-state index < -0.39 is 10.0 Å². The van der Waals surface area contributed by atoms with E-state index in [0.717, 1.165) is 11.3 Å². The Morgan fingerprint density at radius 2 is 1.86 bits per heavy atom. The molecule has 0 fully saturated rings. The minimum atomic E-state index is -3.47. The van der Waals surface area contributed by atoms with Crippen LogP contribution in [0.5, 0.6) is 0 Å². The summed E-state index contributed by atoms with van der Waals surface area (Å²) >= 11 is 1.33. The lowest BCUT2D eigenvalue weighted by molar-refractivity contribution is 0.465. The van der Waals surface area contributed by atoms with Gasteiger partial charge in [-0.05, 0) is 29.9 Å². The van der Waals surface area contributed by atoms with Crippen molar-refractivity contribution in [2.24, 2.45) is 11.7 Å². The molecule has 3 N–H and O–H groups in total. The second-order valence-corrected chi connectivity index (χ2v) is 9.58. The van der Waals surface area contributed by atoms with E-state index in [1.54, 1.807) is 6.07 Å². The largest absolute Gasteiger partial charge is 0.329 e. The van der Waals surface area contributed by atoms with Gasteiger partial charge in [0.15, 0.2) is 0 Å². The van der Waals surface area contributed by atoms with E-state index in [2.05, 4.69) is 39.3 Å². The van der Waals surface area contributed by atoms with Crippen LogP contribution in [0.1, 0.15) is 45.9 Å². The van der Waals surface area contributed by atoms with Crippen molar-refractivity contribution in [3.63, 3.8) is 0 Å². The monoisotopic (exact) mass is 354 g/mol. The topological polar surface area (TPSA) is 72.2 Å². The molecule has 1 rings (SSSR count). The zero-order chi connectivity index (χ0) is 15.6. The molecule has 0 bridgehead atoms. The van der Waals surface area contributed by atoms with Gasteiger partial charge in [-0.15, -0.1) is 23.7 Å². The van der Waals surface area contributed by atoms with E-state index in [1.807, 2.05) is 6.07 Å². The Kier molecular flexibility index (Phi) is 7.87. The van der Waals surface area contributed by atoms with Crippen molar-refractivity contribution in [2.75, 3.05) is 6.54 Å². The maximum Gasteiger partial charge on any atom is 0.250 e. The first-order valence-electron chi connectivity index (χ1n) is 6.89. The number of nitrogens with one attached hydrogen (secondary N) is 1. The Hall–Kier alpha value is -0.140. The molecule has 1 aromatic rings. The highest BCUT2D eigenvalue weighted by Crippen LogP contribution is 2.31. The SMILES string of the molecule is CC(C)CC(CN)NS(=O)(=O)c1ccc(C(C)(C)C)s1.Cl. The molecule has 1 atom stereocenters. The maximum atomic E-state index is 12.4. The summed E-state index contributed by atoms with van der Waals surface area (Å²) in [4.78, 5) is 1.06. The molecule has 0 radical (unpaired) electrons. The molecule has 0 aliphatic rings. The molecule has 1 heterocycles. The Morgan fingerprint density at radius 1 is 1.29 bits per heavy atom. The molecule has 0 aromatic carbocycles. The number of halogens is 1. The molecule has 0 saturated carbocycles. The zero-order valence-corrected chi connectivity index (χ0v) is 15.8. The highest BCUT2D eigenvalue weighted by atomic mass is 35.5. The van der Waals surface area contributed by atoms with E-state index in [4.69, 9.17) is 5.73 Å². The summed E-state index contributed by atoms with van der Waals surface area (Å²) in [6.45, 7) is 10.6. The highest BCUT2D eigenvalue weighted by molar-refractivity contribution is 7.91. The van der Waals surface area contributed by atoms with Gasteiger partial charge in [-0.2, -0.15) is 0 Å². The second-order valence-electron chi connectivity index (χ2n) is 6.55. The Morgan fingerprint density at radius 3 is 2.24 bits per heavy atom. The van der Waals surface area contributed by atoms with Gasteiger partial charge in [0.25, 0.3) is 0 Å². The van der Waals surface area contributed by atoms with Gasteiger partial charge in [0.2, 0.25) is 10.0 Å². The van der Waals surface area contributed by atoms with Crippen LogP contribution in [0.3, 0.4) is 0 Å². The summed E-state index contributed by atoms with van der Waals surface area (Å²) in [5.41, 5.74) is 5.62. The second kappa shape index (κ2) is 7.92. The van der Waals surface area contributed by atoms with Crippen molar-refractivity contribution < 1.29 is 8.42 Å². The molecule has 0 aliphatic carbocycles. The van der Waals surface area contributed by atoms with Crippen LogP contribution in [0, 0.1) is 5.92 Å². The number of hydrogen-bond donors (Lipinski definition) is 2. The van der Waals surface area contributed by atoms with E-state index in [1.165, 1.54) is 11.3 Å². The average Bonchev–Trinajstić information content (AvgIpc) is 2.76. The van der Waals surface area contributed by atoms with Gasteiger partial charge in [0, 0.05) is 17.5 Å². The summed E-state index contributed by atoms with van der Waals surface area (Å²) in [6, 6.07) is 3.36. The van der Waals surface area contributed by atoms with E-state index in [0.29, 0.717) is 16.7 Å². The molecule has 7 heteroatoms. The average molecular weight is 355 g/mol. The van der Waals surface area contributed by atoms with Gasteiger partial charge in [0.1, 0.15) is 4.21 Å². The van der Waals surface area contributed by atoms with E-state index in [9.17, 15) is 8.42 Å². The first kappa shape index (κ1) is 20.9. The van der Waals surface area contributed by atoms with Crippen LogP contribution in [0.2, 0.25) is 0 Å². The quantitative estimate of drug-likeness (QED) is 0.824. The van der Waals surface area contributed by atoms with Crippen LogP contribution >= 0.6 is 23.7 Å². The molecule has 21 heavy (non-hydrogen) atoms. The molecule has 0 amide bonds. The Balaban J connectivity index is 0.00000400. The first-order valence-corrected chi connectivity index (χ1v) is 9.19. The smallest absolute Gasteiger partial charge is 0.250 e. The van der Waals surface area contributed by atoms with Crippen LogP contribution in [-0.4, -0.2) is 21.0 Å². The van der Waals surface area contributed by atoms with Crippen LogP contribution in [0.25, 0.3) is 0 Å². The summed E-state index contributed by atoms with van der Waals surface area (Å²) in [5, 5.41) is 0. The van der Waals surface area contributed by atoms with Crippen molar-refractivity contribution in [2.45, 2.75) is 56.7 Å². The molecule has 0 aliphatic heterocycles. The van der Waals surface area contributed by atoms with Crippen LogP contribution < -0.4 is 10.5 Å². The maximum absolute atomic E-state index is 12.4. The summed E-state index contributed by atoms with van der Waals surface area (Å²) in [5.74, 6) is 0.403. The van der Waals surface area contributed by atoms with E-state index >= 15 is 0 Å². The fraction of sp³-hybridized carbons (Fsp3) is 0.714. The Bertz CT molecular complexity index is 533. The lowest BCUT2D eigenvalue weighted by Gasteiger charge is -2.18. The van der Waals surface area contributed by atoms with Gasteiger partial charge < -0.3 is 5.73 Å². The van der Waals surface area contributed by atoms with Gasteiger partial charge in [-0.3, -0.25) is 0 Å². The van der Waals surface area contributed by atoms with Crippen molar-refractivity contribution in [1.82, 2.24) is 4.72 Å². The zero-order valence-electron chi connectivity index (χ0n) is 13.3. The first-order chi connectivity index (χ1) is 9.06. The molecular formula is C14H27ClN2O2S2. The normalized spacial score (nSPS) is 14.0. The number of rotatable bonds is 6. The number of nitrogens with two attached hydrogens (primary N) is 1. The molecule has 1 aromatic heterocycles. The lowest BCUT2D eigenvalue weighted by atomic mass is 9.95. The molecule has 0 spiro atoms. The van der Waals surface area contributed by atoms with Gasteiger partial charge >= 0.3 is 0 Å². The summed E-state index contributed by atoms with van der Waals surface area (Å²) < 4.78 is 27.8. The third-order valence-corrected chi connectivity index (χ3v) is 6.47. The summed E-state index contributed by atoms with van der Waals surface area (Å²) in [7, 11) is -3.47. The fourth-order valence-electron chi connectivity index (χ4n) is 1.91. The fourth-order valence-corrected chi connectivity index (χ4v) is 4.55. The van der Waals surface area contributed by atoms with Crippen molar-refractivity contribution >= 4 is 33.8 Å². The molecule has 1 unspecified atom stereocenters. The number of thiophene rings is 1. The molecular weight excluding hydrogens is 328 g/mol. The standard InChI is InChI=1S/C14H26N2O2S2.ClH/c1-10(2)8-11(9-15)16-20(17,18)13-7-6-12(19-13)14(3,4)5;/h6-7,10-11,16H,8-9,15H2,1-5H3;1H. The third kappa shape index (κ3) is 6.24. The summed E-state index contributed by atoms with van der Waals surface area (Å²) in [6.07, 6.45) is 0.743. The number of sulfonamides is 1. The lowest BCUT2D eigenvalue weighted by Crippen LogP contribution is -2.40. The molecule has 4 nitrogen and oxygen atoms in total. The van der Waals surface area contributed by atoms with Crippen molar-refractivity contribution in [3.05, 3.63) is 17.0 Å². The minimum absolute atomic E-state index is 0. The van der Waals surface area contributed by atoms with E-state index in [-0.39, 0.29) is 23.9 Å². The minimum Gasteiger partial charge on any atom is -0.329 e. The van der Waals surface area contributed by atoms with Crippen LogP contribution in [0.15, 0.2) is 16.3 Å². The van der Waals surface area contributed by atoms with Gasteiger partial charge in [-0.25, -0.2) is 13.1 Å². The molecule has 0 saturated heterocycles. The third-order valence-electron chi connectivity index (χ3n) is 2.95. The predicted molar refractivity (Wildman–Crippen MR) is 92.9 cm³/mol. The van der Waals surface area contributed by atoms with Crippen molar-refractivity contribution in [1.29, 1.82) is 0 Å². The van der Waals surface area contributed by atoms with Gasteiger partial charge in [-0.1, -0.05) is 34.6 Å².